The van der Waals surface area contributed by atoms with Crippen molar-refractivity contribution in [3.8, 4) is 0 Å². The molecule has 2 amide bonds. The summed E-state index contributed by atoms with van der Waals surface area (Å²) >= 11 is 0. The summed E-state index contributed by atoms with van der Waals surface area (Å²) in [6.45, 7) is 7.68. The van der Waals surface area contributed by atoms with Gasteiger partial charge in [-0.3, -0.25) is 0 Å². The van der Waals surface area contributed by atoms with Crippen LogP contribution in [0.2, 0.25) is 0 Å². The van der Waals surface area contributed by atoms with Crippen molar-refractivity contribution in [3.63, 3.8) is 0 Å². The maximum absolute atomic E-state index is 13.2. The fourth-order valence-electron chi connectivity index (χ4n) is 3.78. The predicted octanol–water partition coefficient (Wildman–Crippen LogP) is 5.05. The monoisotopic (exact) mass is 359 g/mol. The molecule has 4 rings (SSSR count). The second-order valence-electron chi connectivity index (χ2n) is 7.31. The number of nitrogens with zero attached hydrogens (tertiary/aromatic N) is 2. The Morgan fingerprint density at radius 3 is 2.52 bits per heavy atom. The molecule has 0 fully saturated rings. The summed E-state index contributed by atoms with van der Waals surface area (Å²) in [5.41, 5.74) is 6.67. The molecule has 138 valence electrons. The van der Waals surface area contributed by atoms with Crippen LogP contribution in [0.5, 0.6) is 0 Å². The topological polar surface area (TPSA) is 37.3 Å². The van der Waals surface area contributed by atoms with E-state index in [2.05, 4.69) is 72.4 Å². The number of fused-ring (bicyclic) bond motifs is 1. The Labute approximate surface area is 160 Å². The predicted molar refractivity (Wildman–Crippen MR) is 109 cm³/mol. The first-order valence-corrected chi connectivity index (χ1v) is 9.40. The molecular formula is C23H25N3O. The van der Waals surface area contributed by atoms with E-state index in [-0.39, 0.29) is 12.1 Å². The van der Waals surface area contributed by atoms with Gasteiger partial charge in [0.15, 0.2) is 0 Å². The lowest BCUT2D eigenvalue weighted by Crippen LogP contribution is -2.44. The molecule has 1 N–H and O–H groups in total. The third-order valence-corrected chi connectivity index (χ3v) is 5.54. The molecule has 1 aliphatic heterocycles. The van der Waals surface area contributed by atoms with Gasteiger partial charge in [-0.1, -0.05) is 42.0 Å². The zero-order chi connectivity index (χ0) is 19.0. The molecule has 0 bridgehead atoms. The van der Waals surface area contributed by atoms with E-state index in [1.165, 1.54) is 11.1 Å². The molecule has 0 spiro atoms. The molecule has 1 aromatic heterocycles. The number of carbonyl (C=O) groups is 1. The number of rotatable bonds is 2. The number of nitrogens with one attached hydrogen (secondary N) is 1. The Morgan fingerprint density at radius 2 is 1.74 bits per heavy atom. The fourth-order valence-corrected chi connectivity index (χ4v) is 3.78. The zero-order valence-electron chi connectivity index (χ0n) is 16.1. The molecule has 1 atom stereocenters. The summed E-state index contributed by atoms with van der Waals surface area (Å²) in [6.07, 6.45) is 2.09. The van der Waals surface area contributed by atoms with Crippen molar-refractivity contribution in [2.75, 3.05) is 11.9 Å². The van der Waals surface area contributed by atoms with Gasteiger partial charge in [-0.2, -0.15) is 0 Å². The number of urea groups is 1. The summed E-state index contributed by atoms with van der Waals surface area (Å²) in [5, 5.41) is 3.13. The molecule has 2 aromatic carbocycles. The van der Waals surface area contributed by atoms with Gasteiger partial charge in [0.2, 0.25) is 0 Å². The Bertz CT molecular complexity index is 972. The molecule has 0 radical (unpaired) electrons. The van der Waals surface area contributed by atoms with Crippen LogP contribution >= 0.6 is 0 Å². The van der Waals surface area contributed by atoms with E-state index in [4.69, 9.17) is 0 Å². The molecule has 0 saturated heterocycles. The van der Waals surface area contributed by atoms with E-state index in [0.29, 0.717) is 6.54 Å². The lowest BCUT2D eigenvalue weighted by molar-refractivity contribution is 0.182. The third-order valence-electron chi connectivity index (χ3n) is 5.54. The average molecular weight is 359 g/mol. The normalized spacial score (nSPS) is 16.1. The van der Waals surface area contributed by atoms with Crippen molar-refractivity contribution in [1.82, 2.24) is 9.47 Å². The highest BCUT2D eigenvalue weighted by molar-refractivity contribution is 5.91. The van der Waals surface area contributed by atoms with E-state index >= 15 is 0 Å². The molecule has 0 saturated carbocycles. The molecule has 4 heteroatoms. The van der Waals surface area contributed by atoms with Crippen LogP contribution in [-0.2, 0) is 6.54 Å². The number of hydrogen-bond donors (Lipinski definition) is 1. The average Bonchev–Trinajstić information content (AvgIpc) is 3.14. The molecule has 3 aromatic rings. The third kappa shape index (κ3) is 3.23. The quantitative estimate of drug-likeness (QED) is 0.683. The Morgan fingerprint density at radius 1 is 0.963 bits per heavy atom. The SMILES string of the molecule is Cc1ccc(C2c3cccn3CCN2C(=O)Nc2cccc(C)c2C)cc1. The van der Waals surface area contributed by atoms with Gasteiger partial charge in [-0.25, -0.2) is 4.79 Å². The van der Waals surface area contributed by atoms with E-state index in [0.717, 1.165) is 29.1 Å². The summed E-state index contributed by atoms with van der Waals surface area (Å²) in [7, 11) is 0. The first-order chi connectivity index (χ1) is 13.0. The fraction of sp³-hybridized carbons (Fsp3) is 0.261. The molecule has 27 heavy (non-hydrogen) atoms. The Balaban J connectivity index is 1.68. The maximum Gasteiger partial charge on any atom is 0.322 e. The summed E-state index contributed by atoms with van der Waals surface area (Å²) in [5.74, 6) is 0. The van der Waals surface area contributed by atoms with Gasteiger partial charge >= 0.3 is 6.03 Å². The first-order valence-electron chi connectivity index (χ1n) is 9.40. The van der Waals surface area contributed by atoms with Crippen LogP contribution in [0.1, 0.15) is 34.0 Å². The van der Waals surface area contributed by atoms with Crippen molar-refractivity contribution < 1.29 is 4.79 Å². The summed E-state index contributed by atoms with van der Waals surface area (Å²) in [4.78, 5) is 15.2. The number of anilines is 1. The van der Waals surface area contributed by atoms with Crippen LogP contribution < -0.4 is 5.32 Å². The number of aromatic nitrogens is 1. The van der Waals surface area contributed by atoms with Crippen LogP contribution in [0.25, 0.3) is 0 Å². The van der Waals surface area contributed by atoms with Crippen molar-refractivity contribution in [2.45, 2.75) is 33.4 Å². The molecule has 1 aliphatic rings. The minimum absolute atomic E-state index is 0.0540. The number of amides is 2. The van der Waals surface area contributed by atoms with Crippen molar-refractivity contribution in [2.24, 2.45) is 0 Å². The van der Waals surface area contributed by atoms with Gasteiger partial charge < -0.3 is 14.8 Å². The number of hydrogen-bond acceptors (Lipinski definition) is 1. The zero-order valence-corrected chi connectivity index (χ0v) is 16.1. The first kappa shape index (κ1) is 17.4. The highest BCUT2D eigenvalue weighted by Gasteiger charge is 2.32. The number of carbonyl (C=O) groups excluding carboxylic acids is 1. The van der Waals surface area contributed by atoms with Crippen molar-refractivity contribution in [1.29, 1.82) is 0 Å². The van der Waals surface area contributed by atoms with E-state index in [9.17, 15) is 4.79 Å². The van der Waals surface area contributed by atoms with Gasteiger partial charge in [0.05, 0.1) is 6.04 Å². The molecular weight excluding hydrogens is 334 g/mol. The van der Waals surface area contributed by atoms with Crippen LogP contribution in [0.15, 0.2) is 60.8 Å². The molecule has 4 nitrogen and oxygen atoms in total. The second-order valence-corrected chi connectivity index (χ2v) is 7.31. The van der Waals surface area contributed by atoms with Gasteiger partial charge in [0.25, 0.3) is 0 Å². The largest absolute Gasteiger partial charge is 0.348 e. The van der Waals surface area contributed by atoms with Crippen LogP contribution in [0.3, 0.4) is 0 Å². The standard InChI is InChI=1S/C23H25N3O/c1-16-9-11-19(12-10-16)22-21-8-5-13-25(21)14-15-26(22)23(27)24-20-7-4-6-17(2)18(20)3/h4-13,22H,14-15H2,1-3H3,(H,24,27). The summed E-state index contributed by atoms with van der Waals surface area (Å²) < 4.78 is 2.24. The van der Waals surface area contributed by atoms with E-state index < -0.39 is 0 Å². The van der Waals surface area contributed by atoms with Gasteiger partial charge in [-0.05, 0) is 55.7 Å². The van der Waals surface area contributed by atoms with Gasteiger partial charge in [0.1, 0.15) is 0 Å². The second kappa shape index (κ2) is 6.95. The van der Waals surface area contributed by atoms with E-state index in [1.54, 1.807) is 0 Å². The summed E-state index contributed by atoms with van der Waals surface area (Å²) in [6, 6.07) is 18.5. The smallest absolute Gasteiger partial charge is 0.322 e. The number of benzene rings is 2. The highest BCUT2D eigenvalue weighted by atomic mass is 16.2. The number of aryl methyl sites for hydroxylation is 2. The van der Waals surface area contributed by atoms with Crippen LogP contribution in [0, 0.1) is 20.8 Å². The molecule has 2 heterocycles. The minimum Gasteiger partial charge on any atom is -0.348 e. The van der Waals surface area contributed by atoms with E-state index in [1.807, 2.05) is 24.0 Å². The maximum atomic E-state index is 13.2. The highest BCUT2D eigenvalue weighted by Crippen LogP contribution is 2.33. The lowest BCUT2D eigenvalue weighted by atomic mass is 9.99. The van der Waals surface area contributed by atoms with Crippen molar-refractivity contribution >= 4 is 11.7 Å². The minimum atomic E-state index is -0.0838. The van der Waals surface area contributed by atoms with Crippen LogP contribution in [0.4, 0.5) is 10.5 Å². The Hall–Kier alpha value is -3.01. The lowest BCUT2D eigenvalue weighted by Gasteiger charge is -2.37. The van der Waals surface area contributed by atoms with Gasteiger partial charge in [0, 0.05) is 30.7 Å². The van der Waals surface area contributed by atoms with Gasteiger partial charge in [-0.15, -0.1) is 0 Å². The Kier molecular flexibility index (Phi) is 4.48. The molecule has 0 aliphatic carbocycles. The van der Waals surface area contributed by atoms with Crippen molar-refractivity contribution in [3.05, 3.63) is 88.7 Å². The molecule has 1 unspecified atom stereocenters. The van der Waals surface area contributed by atoms with Crippen LogP contribution in [-0.4, -0.2) is 22.0 Å².